The molecule has 0 unspecified atom stereocenters. The lowest BCUT2D eigenvalue weighted by atomic mass is 10.3. The third-order valence-electron chi connectivity index (χ3n) is 2.07. The summed E-state index contributed by atoms with van der Waals surface area (Å²) in [5, 5.41) is 10.2. The highest BCUT2D eigenvalue weighted by atomic mass is 32.1. The summed E-state index contributed by atoms with van der Waals surface area (Å²) in [5.41, 5.74) is 0. The molecular weight excluding hydrogens is 194 g/mol. The molecule has 2 aromatic rings. The fourth-order valence-corrected chi connectivity index (χ4v) is 2.11. The molecule has 0 aliphatic carbocycles. The smallest absolute Gasteiger partial charge is 0.138 e. The first-order chi connectivity index (χ1) is 6.90. The fraction of sp³-hybridized carbons (Fsp3) is 0.400. The van der Waals surface area contributed by atoms with Gasteiger partial charge in [0.15, 0.2) is 0 Å². The van der Waals surface area contributed by atoms with Gasteiger partial charge in [0, 0.05) is 17.8 Å². The molecule has 0 aliphatic rings. The average molecular weight is 207 g/mol. The fourth-order valence-electron chi connectivity index (χ4n) is 1.41. The van der Waals surface area contributed by atoms with Crippen molar-refractivity contribution in [3.8, 4) is 0 Å². The topological polar surface area (TPSA) is 30.7 Å². The van der Waals surface area contributed by atoms with Crippen molar-refractivity contribution in [2.75, 3.05) is 0 Å². The molecule has 0 amide bonds. The monoisotopic (exact) mass is 207 g/mol. The summed E-state index contributed by atoms with van der Waals surface area (Å²) in [6, 6.07) is 4.20. The molecular formula is C10H13N3S. The largest absolute Gasteiger partial charge is 0.317 e. The summed E-state index contributed by atoms with van der Waals surface area (Å²) in [6.45, 7) is 3.17. The third kappa shape index (κ3) is 2.01. The van der Waals surface area contributed by atoms with E-state index in [-0.39, 0.29) is 0 Å². The molecule has 2 aromatic heterocycles. The Morgan fingerprint density at radius 1 is 1.50 bits per heavy atom. The zero-order chi connectivity index (χ0) is 9.80. The summed E-state index contributed by atoms with van der Waals surface area (Å²) in [6.07, 6.45) is 3.83. The van der Waals surface area contributed by atoms with Crippen LogP contribution in [-0.2, 0) is 13.0 Å². The summed E-state index contributed by atoms with van der Waals surface area (Å²) in [7, 11) is 0. The molecule has 3 nitrogen and oxygen atoms in total. The van der Waals surface area contributed by atoms with Gasteiger partial charge in [0.2, 0.25) is 0 Å². The molecule has 0 bridgehead atoms. The Hall–Kier alpha value is -1.16. The number of hydrogen-bond acceptors (Lipinski definition) is 3. The molecule has 0 aromatic carbocycles. The quantitative estimate of drug-likeness (QED) is 0.770. The van der Waals surface area contributed by atoms with Gasteiger partial charge < -0.3 is 4.57 Å². The van der Waals surface area contributed by atoms with Gasteiger partial charge in [-0.3, -0.25) is 0 Å². The van der Waals surface area contributed by atoms with Crippen LogP contribution in [0.15, 0.2) is 23.8 Å². The number of thiophene rings is 1. The maximum absolute atomic E-state index is 4.13. The van der Waals surface area contributed by atoms with Crippen molar-refractivity contribution in [2.45, 2.75) is 26.3 Å². The van der Waals surface area contributed by atoms with Crippen molar-refractivity contribution in [1.82, 2.24) is 14.8 Å². The van der Waals surface area contributed by atoms with Gasteiger partial charge in [0.25, 0.3) is 0 Å². The third-order valence-corrected chi connectivity index (χ3v) is 2.95. The predicted molar refractivity (Wildman–Crippen MR) is 57.4 cm³/mol. The molecule has 0 spiro atoms. The van der Waals surface area contributed by atoms with Gasteiger partial charge in [-0.15, -0.1) is 21.5 Å². The molecule has 0 fully saturated rings. The Labute approximate surface area is 87.4 Å². The predicted octanol–water partition coefficient (Wildman–Crippen LogP) is 2.34. The Morgan fingerprint density at radius 2 is 2.43 bits per heavy atom. The van der Waals surface area contributed by atoms with E-state index in [0.717, 1.165) is 25.2 Å². The number of aryl methyl sites for hydroxylation is 1. The lowest BCUT2D eigenvalue weighted by Gasteiger charge is -2.02. The van der Waals surface area contributed by atoms with Gasteiger partial charge in [-0.25, -0.2) is 0 Å². The Morgan fingerprint density at radius 3 is 3.14 bits per heavy atom. The van der Waals surface area contributed by atoms with Crippen LogP contribution < -0.4 is 0 Å². The summed E-state index contributed by atoms with van der Waals surface area (Å²) in [4.78, 5) is 1.34. The van der Waals surface area contributed by atoms with Crippen LogP contribution in [0.5, 0.6) is 0 Å². The van der Waals surface area contributed by atoms with Crippen LogP contribution in [0.25, 0.3) is 0 Å². The number of hydrogen-bond donors (Lipinski definition) is 0. The van der Waals surface area contributed by atoms with Crippen LogP contribution >= 0.6 is 11.3 Å². The summed E-state index contributed by atoms with van der Waals surface area (Å²) < 4.78 is 2.12. The molecule has 0 aliphatic heterocycles. The lowest BCUT2D eigenvalue weighted by molar-refractivity contribution is 0.647. The Balaban J connectivity index is 2.12. The second-order valence-electron chi connectivity index (χ2n) is 3.20. The first-order valence-corrected chi connectivity index (χ1v) is 5.67. The maximum Gasteiger partial charge on any atom is 0.138 e. The zero-order valence-electron chi connectivity index (χ0n) is 8.18. The SMILES string of the molecule is CCCn1cnnc1Cc1cccs1. The highest BCUT2D eigenvalue weighted by molar-refractivity contribution is 7.09. The minimum absolute atomic E-state index is 0.900. The molecule has 4 heteroatoms. The number of rotatable bonds is 4. The van der Waals surface area contributed by atoms with Gasteiger partial charge in [0.05, 0.1) is 0 Å². The van der Waals surface area contributed by atoms with E-state index in [1.807, 2.05) is 6.33 Å². The molecule has 0 atom stereocenters. The first-order valence-electron chi connectivity index (χ1n) is 4.79. The lowest BCUT2D eigenvalue weighted by Crippen LogP contribution is -2.02. The molecule has 14 heavy (non-hydrogen) atoms. The van der Waals surface area contributed by atoms with E-state index in [4.69, 9.17) is 0 Å². The van der Waals surface area contributed by atoms with E-state index in [2.05, 4.69) is 39.2 Å². The van der Waals surface area contributed by atoms with Gasteiger partial charge in [-0.05, 0) is 17.9 Å². The van der Waals surface area contributed by atoms with Crippen LogP contribution in [0.4, 0.5) is 0 Å². The van der Waals surface area contributed by atoms with Crippen LogP contribution in [0.3, 0.4) is 0 Å². The van der Waals surface area contributed by atoms with Crippen molar-refractivity contribution in [1.29, 1.82) is 0 Å². The van der Waals surface area contributed by atoms with Crippen molar-refractivity contribution in [2.24, 2.45) is 0 Å². The van der Waals surface area contributed by atoms with Crippen LogP contribution in [-0.4, -0.2) is 14.8 Å². The molecule has 0 saturated heterocycles. The maximum atomic E-state index is 4.13. The Kier molecular flexibility index (Phi) is 2.93. The second kappa shape index (κ2) is 4.37. The van der Waals surface area contributed by atoms with E-state index in [1.165, 1.54) is 4.88 Å². The van der Waals surface area contributed by atoms with Crippen molar-refractivity contribution in [3.05, 3.63) is 34.5 Å². The first kappa shape index (κ1) is 9.40. The van der Waals surface area contributed by atoms with E-state index >= 15 is 0 Å². The molecule has 0 saturated carbocycles. The van der Waals surface area contributed by atoms with Gasteiger partial charge in [-0.1, -0.05) is 13.0 Å². The van der Waals surface area contributed by atoms with E-state index < -0.39 is 0 Å². The van der Waals surface area contributed by atoms with Crippen LogP contribution in [0.1, 0.15) is 24.0 Å². The number of aromatic nitrogens is 3. The molecule has 74 valence electrons. The molecule has 2 rings (SSSR count). The number of nitrogens with zero attached hydrogens (tertiary/aromatic N) is 3. The average Bonchev–Trinajstić information content (AvgIpc) is 2.80. The van der Waals surface area contributed by atoms with E-state index in [0.29, 0.717) is 0 Å². The van der Waals surface area contributed by atoms with Crippen LogP contribution in [0.2, 0.25) is 0 Å². The summed E-state index contributed by atoms with van der Waals surface area (Å²) >= 11 is 1.77. The standard InChI is InChI=1S/C10H13N3S/c1-2-5-13-8-11-12-10(13)7-9-4-3-6-14-9/h3-4,6,8H,2,5,7H2,1H3. The zero-order valence-corrected chi connectivity index (χ0v) is 9.00. The summed E-state index contributed by atoms with van der Waals surface area (Å²) in [5.74, 6) is 1.06. The minimum atomic E-state index is 0.900. The van der Waals surface area contributed by atoms with Crippen molar-refractivity contribution in [3.63, 3.8) is 0 Å². The molecule has 0 N–H and O–H groups in total. The second-order valence-corrected chi connectivity index (χ2v) is 4.23. The van der Waals surface area contributed by atoms with Crippen molar-refractivity contribution >= 4 is 11.3 Å². The van der Waals surface area contributed by atoms with Gasteiger partial charge in [-0.2, -0.15) is 0 Å². The van der Waals surface area contributed by atoms with Crippen LogP contribution in [0, 0.1) is 0 Å². The minimum Gasteiger partial charge on any atom is -0.317 e. The molecule has 0 radical (unpaired) electrons. The van der Waals surface area contributed by atoms with E-state index in [9.17, 15) is 0 Å². The van der Waals surface area contributed by atoms with Crippen molar-refractivity contribution < 1.29 is 0 Å². The Bertz CT molecular complexity index is 378. The highest BCUT2D eigenvalue weighted by Crippen LogP contribution is 2.13. The molecule has 2 heterocycles. The highest BCUT2D eigenvalue weighted by Gasteiger charge is 2.04. The normalized spacial score (nSPS) is 10.6. The van der Waals surface area contributed by atoms with Gasteiger partial charge in [0.1, 0.15) is 12.2 Å². The van der Waals surface area contributed by atoms with E-state index in [1.54, 1.807) is 11.3 Å². The van der Waals surface area contributed by atoms with Gasteiger partial charge >= 0.3 is 0 Å².